The van der Waals surface area contributed by atoms with Crippen molar-refractivity contribution in [3.63, 3.8) is 0 Å². The van der Waals surface area contributed by atoms with Gasteiger partial charge in [-0.25, -0.2) is 0 Å². The smallest absolute Gasteiger partial charge is 0.325 e. The van der Waals surface area contributed by atoms with Crippen molar-refractivity contribution >= 4 is 5.97 Å². The van der Waals surface area contributed by atoms with Crippen LogP contribution in [0, 0.1) is 0 Å². The summed E-state index contributed by atoms with van der Waals surface area (Å²) in [7, 11) is 0. The number of ether oxygens (including phenoxy) is 2. The van der Waals surface area contributed by atoms with Crippen LogP contribution in [0.1, 0.15) is 24.1 Å². The van der Waals surface area contributed by atoms with Gasteiger partial charge in [0.05, 0.1) is 25.4 Å². The van der Waals surface area contributed by atoms with E-state index in [1.54, 1.807) is 0 Å². The molecule has 1 fully saturated rings. The molecule has 1 aromatic rings. The van der Waals surface area contributed by atoms with E-state index in [2.05, 4.69) is 17.4 Å². The fraction of sp³-hybridized carbons (Fsp3) is 0.500. The summed E-state index contributed by atoms with van der Waals surface area (Å²) >= 11 is 0. The van der Waals surface area contributed by atoms with Crippen LogP contribution >= 0.6 is 0 Å². The summed E-state index contributed by atoms with van der Waals surface area (Å²) < 4.78 is 10.8. The van der Waals surface area contributed by atoms with Crippen LogP contribution in [-0.4, -0.2) is 31.3 Å². The van der Waals surface area contributed by atoms with E-state index in [1.807, 2.05) is 19.1 Å². The predicted molar refractivity (Wildman–Crippen MR) is 66.2 cm³/mol. The SMILES string of the molecule is CCOC(=O)[C@@H]1CO[C@@H]2Cc3ccccc3[C@@H]2N1. The third-order valence-electron chi connectivity index (χ3n) is 3.61. The molecule has 1 N–H and O–H groups in total. The average Bonchev–Trinajstić information content (AvgIpc) is 2.76. The van der Waals surface area contributed by atoms with E-state index in [0.29, 0.717) is 13.2 Å². The molecule has 4 heteroatoms. The van der Waals surface area contributed by atoms with Crippen molar-refractivity contribution in [3.05, 3.63) is 35.4 Å². The summed E-state index contributed by atoms with van der Waals surface area (Å²) in [5.74, 6) is -0.222. The minimum absolute atomic E-state index is 0.115. The summed E-state index contributed by atoms with van der Waals surface area (Å²) in [4.78, 5) is 11.7. The monoisotopic (exact) mass is 247 g/mol. The topological polar surface area (TPSA) is 47.6 Å². The molecule has 2 aliphatic rings. The van der Waals surface area contributed by atoms with Gasteiger partial charge in [-0.2, -0.15) is 0 Å². The van der Waals surface area contributed by atoms with Crippen LogP contribution in [0.2, 0.25) is 0 Å². The first-order chi connectivity index (χ1) is 8.79. The Hall–Kier alpha value is -1.39. The van der Waals surface area contributed by atoms with E-state index >= 15 is 0 Å². The first-order valence-electron chi connectivity index (χ1n) is 6.41. The molecule has 1 heterocycles. The maximum atomic E-state index is 11.7. The highest BCUT2D eigenvalue weighted by Gasteiger charge is 2.40. The van der Waals surface area contributed by atoms with Gasteiger partial charge in [-0.05, 0) is 18.1 Å². The minimum atomic E-state index is -0.350. The third kappa shape index (κ3) is 1.91. The van der Waals surface area contributed by atoms with Gasteiger partial charge >= 0.3 is 5.97 Å². The lowest BCUT2D eigenvalue weighted by molar-refractivity contribution is -0.151. The number of fused-ring (bicyclic) bond motifs is 3. The molecule has 1 saturated heterocycles. The van der Waals surface area contributed by atoms with E-state index in [0.717, 1.165) is 6.42 Å². The molecule has 1 aromatic carbocycles. The van der Waals surface area contributed by atoms with Crippen molar-refractivity contribution in [2.75, 3.05) is 13.2 Å². The molecule has 0 amide bonds. The highest BCUT2D eigenvalue weighted by atomic mass is 16.5. The van der Waals surface area contributed by atoms with E-state index < -0.39 is 0 Å². The standard InChI is InChI=1S/C14H17NO3/c1-2-17-14(16)11-8-18-12-7-9-5-3-4-6-10(9)13(12)15-11/h3-6,11-13,15H,2,7-8H2,1H3/t11-,12+,13-/m0/s1. The number of carbonyl (C=O) groups excluding carboxylic acids is 1. The lowest BCUT2D eigenvalue weighted by Gasteiger charge is -2.32. The Labute approximate surface area is 106 Å². The molecule has 3 rings (SSSR count). The van der Waals surface area contributed by atoms with Gasteiger partial charge < -0.3 is 9.47 Å². The fourth-order valence-corrected chi connectivity index (χ4v) is 2.77. The summed E-state index contributed by atoms with van der Waals surface area (Å²) in [6.07, 6.45) is 1.07. The van der Waals surface area contributed by atoms with Crippen LogP contribution < -0.4 is 5.32 Å². The predicted octanol–water partition coefficient (Wildman–Crippen LogP) is 1.20. The highest BCUT2D eigenvalue weighted by molar-refractivity contribution is 5.76. The number of esters is 1. The maximum absolute atomic E-state index is 11.7. The molecular formula is C14H17NO3. The zero-order chi connectivity index (χ0) is 12.5. The van der Waals surface area contributed by atoms with Crippen LogP contribution in [0.4, 0.5) is 0 Å². The minimum Gasteiger partial charge on any atom is -0.465 e. The molecule has 1 aliphatic carbocycles. The molecule has 96 valence electrons. The van der Waals surface area contributed by atoms with Crippen molar-refractivity contribution in [1.29, 1.82) is 0 Å². The van der Waals surface area contributed by atoms with Crippen molar-refractivity contribution < 1.29 is 14.3 Å². The van der Waals surface area contributed by atoms with Crippen LogP contribution in [0.25, 0.3) is 0 Å². The van der Waals surface area contributed by atoms with E-state index in [1.165, 1.54) is 11.1 Å². The fourth-order valence-electron chi connectivity index (χ4n) is 2.77. The number of benzene rings is 1. The van der Waals surface area contributed by atoms with Gasteiger partial charge in [0.15, 0.2) is 0 Å². The number of morpholine rings is 1. The second-order valence-electron chi connectivity index (χ2n) is 4.72. The molecule has 4 nitrogen and oxygen atoms in total. The number of rotatable bonds is 2. The number of hydrogen-bond donors (Lipinski definition) is 1. The second kappa shape index (κ2) is 4.71. The van der Waals surface area contributed by atoms with Crippen LogP contribution in [-0.2, 0) is 20.7 Å². The van der Waals surface area contributed by atoms with Gasteiger partial charge in [-0.15, -0.1) is 0 Å². The molecular weight excluding hydrogens is 230 g/mol. The van der Waals surface area contributed by atoms with Gasteiger partial charge in [0.25, 0.3) is 0 Å². The van der Waals surface area contributed by atoms with Crippen molar-refractivity contribution in [3.8, 4) is 0 Å². The van der Waals surface area contributed by atoms with Gasteiger partial charge in [-0.3, -0.25) is 10.1 Å². The quantitative estimate of drug-likeness (QED) is 0.798. The Morgan fingerprint density at radius 2 is 2.33 bits per heavy atom. The summed E-state index contributed by atoms with van der Waals surface area (Å²) in [6, 6.07) is 8.05. The van der Waals surface area contributed by atoms with Gasteiger partial charge in [-0.1, -0.05) is 24.3 Å². The molecule has 0 bridgehead atoms. The second-order valence-corrected chi connectivity index (χ2v) is 4.72. The average molecular weight is 247 g/mol. The van der Waals surface area contributed by atoms with Crippen molar-refractivity contribution in [1.82, 2.24) is 5.32 Å². The lowest BCUT2D eigenvalue weighted by atomic mass is 10.1. The van der Waals surface area contributed by atoms with Crippen LogP contribution in [0.3, 0.4) is 0 Å². The molecule has 0 saturated carbocycles. The lowest BCUT2D eigenvalue weighted by Crippen LogP contribution is -2.51. The van der Waals surface area contributed by atoms with E-state index in [4.69, 9.17) is 9.47 Å². The maximum Gasteiger partial charge on any atom is 0.325 e. The van der Waals surface area contributed by atoms with Crippen LogP contribution in [0.5, 0.6) is 0 Å². The Morgan fingerprint density at radius 3 is 3.17 bits per heavy atom. The number of hydrogen-bond acceptors (Lipinski definition) is 4. The third-order valence-corrected chi connectivity index (χ3v) is 3.61. The number of carbonyl (C=O) groups is 1. The largest absolute Gasteiger partial charge is 0.465 e. The normalized spacial score (nSPS) is 29.5. The summed E-state index contributed by atoms with van der Waals surface area (Å²) in [5, 5.41) is 3.36. The Kier molecular flexibility index (Phi) is 3.06. The van der Waals surface area contributed by atoms with E-state index in [9.17, 15) is 4.79 Å². The highest BCUT2D eigenvalue weighted by Crippen LogP contribution is 2.35. The molecule has 0 aromatic heterocycles. The number of nitrogens with one attached hydrogen (secondary N) is 1. The van der Waals surface area contributed by atoms with Crippen LogP contribution in [0.15, 0.2) is 24.3 Å². The van der Waals surface area contributed by atoms with Gasteiger partial charge in [0.1, 0.15) is 6.04 Å². The van der Waals surface area contributed by atoms with Gasteiger partial charge in [0, 0.05) is 6.42 Å². The molecule has 0 spiro atoms. The van der Waals surface area contributed by atoms with Crippen molar-refractivity contribution in [2.45, 2.75) is 31.5 Å². The zero-order valence-corrected chi connectivity index (χ0v) is 10.4. The zero-order valence-electron chi connectivity index (χ0n) is 10.4. The summed E-state index contributed by atoms with van der Waals surface area (Å²) in [6.45, 7) is 2.62. The first kappa shape index (κ1) is 11.7. The Bertz CT molecular complexity index is 460. The molecule has 0 radical (unpaired) electrons. The molecule has 0 unspecified atom stereocenters. The first-order valence-corrected chi connectivity index (χ1v) is 6.41. The van der Waals surface area contributed by atoms with E-state index in [-0.39, 0.29) is 24.2 Å². The summed E-state index contributed by atoms with van der Waals surface area (Å²) in [5.41, 5.74) is 2.56. The van der Waals surface area contributed by atoms with Gasteiger partial charge in [0.2, 0.25) is 0 Å². The molecule has 18 heavy (non-hydrogen) atoms. The Morgan fingerprint density at radius 1 is 1.50 bits per heavy atom. The molecule has 3 atom stereocenters. The Balaban J connectivity index is 1.77. The molecule has 1 aliphatic heterocycles. The van der Waals surface area contributed by atoms with Crippen molar-refractivity contribution in [2.24, 2.45) is 0 Å².